The molecule has 2 N–H and O–H groups in total. The molecule has 1 fully saturated rings. The van der Waals surface area contributed by atoms with Crippen molar-refractivity contribution in [2.45, 2.75) is 19.3 Å². The van der Waals surface area contributed by atoms with Gasteiger partial charge in [-0.25, -0.2) is 4.98 Å². The molecule has 1 aromatic heterocycles. The van der Waals surface area contributed by atoms with Crippen LogP contribution in [0.3, 0.4) is 0 Å². The fourth-order valence-electron chi connectivity index (χ4n) is 3.56. The molecule has 6 heteroatoms. The Bertz CT molecular complexity index is 757. The first-order valence-corrected chi connectivity index (χ1v) is 8.83. The maximum atomic E-state index is 12.6. The molecule has 1 aromatic carbocycles. The molecule has 26 heavy (non-hydrogen) atoms. The van der Waals surface area contributed by atoms with Gasteiger partial charge in [0.1, 0.15) is 5.75 Å². The third-order valence-electron chi connectivity index (χ3n) is 4.95. The molecule has 1 amide bonds. The van der Waals surface area contributed by atoms with Gasteiger partial charge in [-0.3, -0.25) is 4.79 Å². The summed E-state index contributed by atoms with van der Waals surface area (Å²) in [7, 11) is 1.65. The zero-order valence-corrected chi connectivity index (χ0v) is 15.0. The van der Waals surface area contributed by atoms with Crippen LogP contribution in [0.15, 0.2) is 42.9 Å². The predicted molar refractivity (Wildman–Crippen MR) is 99.7 cm³/mol. The topological polar surface area (TPSA) is 78.5 Å². The van der Waals surface area contributed by atoms with E-state index < -0.39 is 0 Å². The Morgan fingerprint density at radius 3 is 3.12 bits per heavy atom. The van der Waals surface area contributed by atoms with Crippen LogP contribution < -0.4 is 4.74 Å². The first-order valence-electron chi connectivity index (χ1n) is 8.83. The van der Waals surface area contributed by atoms with Crippen molar-refractivity contribution in [2.24, 2.45) is 5.41 Å². The van der Waals surface area contributed by atoms with Gasteiger partial charge in [-0.2, -0.15) is 0 Å². The number of ether oxygens (including phenoxy) is 1. The highest BCUT2D eigenvalue weighted by molar-refractivity contribution is 5.91. The number of benzene rings is 1. The number of piperidine rings is 1. The van der Waals surface area contributed by atoms with E-state index in [1.807, 2.05) is 29.2 Å². The molecule has 138 valence electrons. The second-order valence-electron chi connectivity index (χ2n) is 6.89. The van der Waals surface area contributed by atoms with Gasteiger partial charge in [0.15, 0.2) is 0 Å². The molecule has 3 rings (SSSR count). The number of hydrogen-bond acceptors (Lipinski definition) is 4. The van der Waals surface area contributed by atoms with Gasteiger partial charge >= 0.3 is 0 Å². The third kappa shape index (κ3) is 4.32. The van der Waals surface area contributed by atoms with E-state index in [1.54, 1.807) is 31.8 Å². The molecule has 2 heterocycles. The molecular formula is C20H25N3O3. The van der Waals surface area contributed by atoms with E-state index in [0.717, 1.165) is 36.3 Å². The number of carbonyl (C=O) groups is 1. The van der Waals surface area contributed by atoms with Gasteiger partial charge in [-0.1, -0.05) is 12.1 Å². The van der Waals surface area contributed by atoms with E-state index in [2.05, 4.69) is 9.97 Å². The second-order valence-corrected chi connectivity index (χ2v) is 6.89. The van der Waals surface area contributed by atoms with Gasteiger partial charge < -0.3 is 19.7 Å². The summed E-state index contributed by atoms with van der Waals surface area (Å²) in [5.41, 5.74) is 1.59. The summed E-state index contributed by atoms with van der Waals surface area (Å²) in [6, 6.07) is 7.90. The number of nitrogens with zero attached hydrogens (tertiary/aromatic N) is 2. The van der Waals surface area contributed by atoms with Crippen molar-refractivity contribution in [3.05, 3.63) is 54.1 Å². The normalized spacial score (nSPS) is 20.5. The van der Waals surface area contributed by atoms with Crippen molar-refractivity contribution >= 4 is 12.0 Å². The van der Waals surface area contributed by atoms with Crippen LogP contribution in [0.5, 0.6) is 5.75 Å². The van der Waals surface area contributed by atoms with E-state index >= 15 is 0 Å². The summed E-state index contributed by atoms with van der Waals surface area (Å²) in [4.78, 5) is 21.3. The molecule has 1 saturated heterocycles. The lowest BCUT2D eigenvalue weighted by molar-refractivity contribution is -0.130. The Hall–Kier alpha value is -2.60. The molecule has 0 unspecified atom stereocenters. The second kappa shape index (κ2) is 8.19. The fourth-order valence-corrected chi connectivity index (χ4v) is 3.56. The Balaban J connectivity index is 1.70. The average Bonchev–Trinajstić information content (AvgIpc) is 3.20. The van der Waals surface area contributed by atoms with E-state index in [4.69, 9.17) is 4.74 Å². The lowest BCUT2D eigenvalue weighted by Gasteiger charge is -2.41. The smallest absolute Gasteiger partial charge is 0.246 e. The minimum absolute atomic E-state index is 0.0391. The largest absolute Gasteiger partial charge is 0.497 e. The van der Waals surface area contributed by atoms with Crippen LogP contribution in [-0.2, 0) is 11.2 Å². The molecule has 0 spiro atoms. The molecule has 1 aliphatic heterocycles. The van der Waals surface area contributed by atoms with Crippen LogP contribution in [0.2, 0.25) is 0 Å². The summed E-state index contributed by atoms with van der Waals surface area (Å²) in [5.74, 6) is 0.768. The summed E-state index contributed by atoms with van der Waals surface area (Å²) in [5, 5.41) is 10.1. The van der Waals surface area contributed by atoms with Gasteiger partial charge in [0, 0.05) is 24.6 Å². The zero-order chi connectivity index (χ0) is 18.4. The molecule has 0 bridgehead atoms. The first kappa shape index (κ1) is 18.2. The SMILES string of the molecule is COc1cccc(C[C@]2(CO)CCCN(C(=O)/C=C/c3cnc[nH]3)C2)c1. The highest BCUT2D eigenvalue weighted by Crippen LogP contribution is 2.34. The van der Waals surface area contributed by atoms with Crippen LogP contribution >= 0.6 is 0 Å². The monoisotopic (exact) mass is 355 g/mol. The van der Waals surface area contributed by atoms with Crippen molar-refractivity contribution in [3.8, 4) is 5.75 Å². The molecule has 6 nitrogen and oxygen atoms in total. The summed E-state index contributed by atoms with van der Waals surface area (Å²) >= 11 is 0. The summed E-state index contributed by atoms with van der Waals surface area (Å²) in [6.07, 6.45) is 9.04. The Morgan fingerprint density at radius 1 is 1.50 bits per heavy atom. The minimum atomic E-state index is -0.317. The number of carbonyl (C=O) groups excluding carboxylic acids is 1. The van der Waals surface area contributed by atoms with Gasteiger partial charge in [0.2, 0.25) is 5.91 Å². The van der Waals surface area contributed by atoms with Crippen LogP contribution in [0.25, 0.3) is 6.08 Å². The predicted octanol–water partition coefficient (Wildman–Crippen LogP) is 2.28. The number of H-pyrrole nitrogens is 1. The Labute approximate surface area is 153 Å². The number of hydrogen-bond donors (Lipinski definition) is 2. The van der Waals surface area contributed by atoms with Crippen molar-refractivity contribution in [2.75, 3.05) is 26.8 Å². The van der Waals surface area contributed by atoms with Crippen molar-refractivity contribution in [1.82, 2.24) is 14.9 Å². The van der Waals surface area contributed by atoms with E-state index in [-0.39, 0.29) is 17.9 Å². The number of nitrogens with one attached hydrogen (secondary N) is 1. The minimum Gasteiger partial charge on any atom is -0.497 e. The van der Waals surface area contributed by atoms with Crippen LogP contribution in [0.1, 0.15) is 24.1 Å². The molecule has 1 atom stereocenters. The van der Waals surface area contributed by atoms with Crippen molar-refractivity contribution in [1.29, 1.82) is 0 Å². The van der Waals surface area contributed by atoms with Gasteiger partial charge in [-0.15, -0.1) is 0 Å². The number of aromatic nitrogens is 2. The Kier molecular flexibility index (Phi) is 5.73. The fraction of sp³-hybridized carbons (Fsp3) is 0.400. The van der Waals surface area contributed by atoms with E-state index in [0.29, 0.717) is 13.1 Å². The highest BCUT2D eigenvalue weighted by Gasteiger charge is 2.36. The quantitative estimate of drug-likeness (QED) is 0.779. The molecule has 0 aliphatic carbocycles. The lowest BCUT2D eigenvalue weighted by Crippen LogP contribution is -2.48. The van der Waals surface area contributed by atoms with Gasteiger partial charge in [0.25, 0.3) is 0 Å². The number of methoxy groups -OCH3 is 1. The summed E-state index contributed by atoms with van der Waals surface area (Å²) < 4.78 is 5.29. The highest BCUT2D eigenvalue weighted by atomic mass is 16.5. The van der Waals surface area contributed by atoms with Crippen LogP contribution in [0, 0.1) is 5.41 Å². The zero-order valence-electron chi connectivity index (χ0n) is 15.0. The van der Waals surface area contributed by atoms with E-state index in [9.17, 15) is 9.90 Å². The lowest BCUT2D eigenvalue weighted by atomic mass is 9.75. The number of rotatable bonds is 6. The van der Waals surface area contributed by atoms with Crippen molar-refractivity contribution < 1.29 is 14.6 Å². The van der Waals surface area contributed by atoms with Crippen molar-refractivity contribution in [3.63, 3.8) is 0 Å². The maximum Gasteiger partial charge on any atom is 0.246 e. The standard InChI is InChI=1S/C20H25N3O3/c1-26-18-5-2-4-16(10-18)11-20(14-24)8-3-9-23(13-20)19(25)7-6-17-12-21-15-22-17/h2,4-7,10,12,15,24H,3,8-9,11,13-14H2,1H3,(H,21,22)/b7-6+/t20-/m1/s1. The van der Waals surface area contributed by atoms with Crippen LogP contribution in [0.4, 0.5) is 0 Å². The molecular weight excluding hydrogens is 330 g/mol. The average molecular weight is 355 g/mol. The number of imidazole rings is 1. The number of aliphatic hydroxyl groups excluding tert-OH is 1. The summed E-state index contributed by atoms with van der Waals surface area (Å²) in [6.45, 7) is 1.32. The number of aromatic amines is 1. The van der Waals surface area contributed by atoms with Gasteiger partial charge in [-0.05, 0) is 43.0 Å². The maximum absolute atomic E-state index is 12.6. The van der Waals surface area contributed by atoms with Gasteiger partial charge in [0.05, 0.1) is 31.9 Å². The van der Waals surface area contributed by atoms with Crippen LogP contribution in [-0.4, -0.2) is 52.7 Å². The number of amides is 1. The third-order valence-corrected chi connectivity index (χ3v) is 4.95. The molecule has 0 saturated carbocycles. The van der Waals surface area contributed by atoms with E-state index in [1.165, 1.54) is 0 Å². The number of aliphatic hydroxyl groups is 1. The molecule has 2 aromatic rings. The number of likely N-dealkylation sites (tertiary alicyclic amines) is 1. The molecule has 1 aliphatic rings. The first-order chi connectivity index (χ1) is 12.6. The Morgan fingerprint density at radius 2 is 2.38 bits per heavy atom. The molecule has 0 radical (unpaired) electrons.